The summed E-state index contributed by atoms with van der Waals surface area (Å²) in [4.78, 5) is 12.3. The number of aryl methyl sites for hydroxylation is 2. The Hall–Kier alpha value is -2.36. The molecule has 0 aromatic heterocycles. The number of para-hydroxylation sites is 1. The Morgan fingerprint density at radius 1 is 1.17 bits per heavy atom. The zero-order valence-electron chi connectivity index (χ0n) is 10.2. The predicted octanol–water partition coefficient (Wildman–Crippen LogP) is 2.55. The first-order valence-corrected chi connectivity index (χ1v) is 5.72. The molecule has 0 fully saturated rings. The molecule has 2 heterocycles. The fourth-order valence-electron chi connectivity index (χ4n) is 2.10. The van der Waals surface area contributed by atoms with Crippen molar-refractivity contribution < 1.29 is 4.42 Å². The Labute approximate surface area is 104 Å². The molecule has 0 unspecified atom stereocenters. The Morgan fingerprint density at radius 2 is 1.89 bits per heavy atom. The lowest BCUT2D eigenvalue weighted by atomic mass is 10.1. The second kappa shape index (κ2) is 3.84. The molecule has 4 nitrogen and oxygen atoms in total. The smallest absolute Gasteiger partial charge is 0.284 e. The van der Waals surface area contributed by atoms with Gasteiger partial charge in [-0.25, -0.2) is 0 Å². The maximum absolute atomic E-state index is 12.3. The van der Waals surface area contributed by atoms with E-state index < -0.39 is 0 Å². The number of hydrogen-bond donors (Lipinski definition) is 0. The molecule has 0 N–H and O–H groups in total. The maximum atomic E-state index is 12.3. The van der Waals surface area contributed by atoms with E-state index in [-0.39, 0.29) is 5.56 Å². The van der Waals surface area contributed by atoms with Gasteiger partial charge in [-0.2, -0.15) is 4.68 Å². The highest BCUT2D eigenvalue weighted by Crippen LogP contribution is 2.22. The normalized spacial score (nSPS) is 11.0. The minimum atomic E-state index is -0.141. The molecular formula is C14H12N2O2. The lowest BCUT2D eigenvalue weighted by molar-refractivity contribution is 0.510. The molecule has 90 valence electrons. The molecule has 0 atom stereocenters. The van der Waals surface area contributed by atoms with Crippen LogP contribution in [0.3, 0.4) is 0 Å². The zero-order valence-corrected chi connectivity index (χ0v) is 10.2. The molecule has 0 radical (unpaired) electrons. The molecule has 0 spiro atoms. The largest absolute Gasteiger partial charge is 0.442 e. The van der Waals surface area contributed by atoms with Crippen LogP contribution in [0.5, 0.6) is 0 Å². The minimum absolute atomic E-state index is 0.141. The molecule has 0 saturated carbocycles. The van der Waals surface area contributed by atoms with Gasteiger partial charge in [-0.15, -0.1) is 5.10 Å². The fourth-order valence-corrected chi connectivity index (χ4v) is 2.10. The van der Waals surface area contributed by atoms with Crippen molar-refractivity contribution in [3.63, 3.8) is 0 Å². The second-order valence-electron chi connectivity index (χ2n) is 4.27. The summed E-state index contributed by atoms with van der Waals surface area (Å²) in [5, 5.41) is 4.24. The van der Waals surface area contributed by atoms with Crippen LogP contribution in [0, 0.1) is 13.8 Å². The number of aromatic nitrogens is 2. The van der Waals surface area contributed by atoms with E-state index in [1.54, 1.807) is 0 Å². The van der Waals surface area contributed by atoms with E-state index in [9.17, 15) is 4.79 Å². The first-order valence-electron chi connectivity index (χ1n) is 5.72. The van der Waals surface area contributed by atoms with Crippen LogP contribution < -0.4 is 5.56 Å². The lowest BCUT2D eigenvalue weighted by Crippen LogP contribution is -2.14. The first-order chi connectivity index (χ1) is 8.66. The number of fused-ring (bicyclic) bond motifs is 1. The molecular weight excluding hydrogens is 228 g/mol. The Bertz CT molecular complexity index is 726. The van der Waals surface area contributed by atoms with E-state index in [4.69, 9.17) is 4.42 Å². The van der Waals surface area contributed by atoms with Crippen LogP contribution in [0.4, 0.5) is 0 Å². The van der Waals surface area contributed by atoms with Gasteiger partial charge in [-0.3, -0.25) is 4.79 Å². The summed E-state index contributed by atoms with van der Waals surface area (Å²) in [6.07, 6.45) is 0. The van der Waals surface area contributed by atoms with Crippen molar-refractivity contribution in [2.24, 2.45) is 0 Å². The monoisotopic (exact) mass is 240 g/mol. The standard InChI is InChI=1S/C14H12N2O2/c1-9-8-10(2)18-13-12(9)14(17)16(15-13)11-6-4-3-5-7-11/h3-8H,1-2H3. The highest BCUT2D eigenvalue weighted by molar-refractivity contribution is 5.59. The van der Waals surface area contributed by atoms with Gasteiger partial charge in [-0.1, -0.05) is 18.2 Å². The molecule has 18 heavy (non-hydrogen) atoms. The number of rotatable bonds is 1. The summed E-state index contributed by atoms with van der Waals surface area (Å²) in [5.41, 5.74) is 2.04. The van der Waals surface area contributed by atoms with E-state index in [1.165, 1.54) is 4.68 Å². The van der Waals surface area contributed by atoms with Gasteiger partial charge >= 0.3 is 0 Å². The Balaban J connectivity index is 2.34. The van der Waals surface area contributed by atoms with Crippen molar-refractivity contribution in [2.75, 3.05) is 0 Å². The third-order valence-electron chi connectivity index (χ3n) is 2.88. The molecule has 0 bridgehead atoms. The maximum Gasteiger partial charge on any atom is 0.284 e. The topological polar surface area (TPSA) is 48.0 Å². The van der Waals surface area contributed by atoms with Gasteiger partial charge < -0.3 is 4.42 Å². The van der Waals surface area contributed by atoms with E-state index in [0.717, 1.165) is 17.0 Å². The summed E-state index contributed by atoms with van der Waals surface area (Å²) >= 11 is 0. The van der Waals surface area contributed by atoms with Crippen LogP contribution in [0.15, 0.2) is 45.6 Å². The van der Waals surface area contributed by atoms with Crippen LogP contribution in [0.2, 0.25) is 0 Å². The van der Waals surface area contributed by atoms with Gasteiger partial charge in [-0.05, 0) is 37.6 Å². The predicted molar refractivity (Wildman–Crippen MR) is 68.2 cm³/mol. The van der Waals surface area contributed by atoms with Crippen molar-refractivity contribution in [3.8, 4) is 17.1 Å². The van der Waals surface area contributed by atoms with Gasteiger partial charge in [0.1, 0.15) is 11.3 Å². The van der Waals surface area contributed by atoms with Gasteiger partial charge in [0.15, 0.2) is 0 Å². The number of benzene rings is 1. The van der Waals surface area contributed by atoms with Crippen molar-refractivity contribution in [1.82, 2.24) is 9.78 Å². The second-order valence-corrected chi connectivity index (χ2v) is 4.27. The average molecular weight is 240 g/mol. The lowest BCUT2D eigenvalue weighted by Gasteiger charge is -1.99. The van der Waals surface area contributed by atoms with Crippen LogP contribution in [-0.4, -0.2) is 9.78 Å². The zero-order chi connectivity index (χ0) is 12.7. The van der Waals surface area contributed by atoms with Gasteiger partial charge in [0.05, 0.1) is 5.69 Å². The summed E-state index contributed by atoms with van der Waals surface area (Å²) in [6, 6.07) is 11.2. The van der Waals surface area contributed by atoms with Crippen LogP contribution in [-0.2, 0) is 0 Å². The molecule has 0 saturated heterocycles. The van der Waals surface area contributed by atoms with E-state index >= 15 is 0 Å². The molecule has 3 rings (SSSR count). The van der Waals surface area contributed by atoms with Gasteiger partial charge in [0.2, 0.25) is 5.89 Å². The summed E-state index contributed by atoms with van der Waals surface area (Å²) in [6.45, 7) is 3.74. The van der Waals surface area contributed by atoms with Crippen LogP contribution >= 0.6 is 0 Å². The molecule has 2 aliphatic rings. The third-order valence-corrected chi connectivity index (χ3v) is 2.88. The van der Waals surface area contributed by atoms with Crippen molar-refractivity contribution >= 4 is 0 Å². The van der Waals surface area contributed by atoms with Crippen molar-refractivity contribution in [1.29, 1.82) is 0 Å². The minimum Gasteiger partial charge on any atom is -0.442 e. The van der Waals surface area contributed by atoms with E-state index in [1.807, 2.05) is 50.2 Å². The fraction of sp³-hybridized carbons (Fsp3) is 0.143. The SMILES string of the molecule is Cc1cc(C)c2c(=O)n(-c3ccccc3)nc-2o1. The van der Waals surface area contributed by atoms with Crippen molar-refractivity contribution in [3.05, 3.63) is 58.1 Å². The summed E-state index contributed by atoms with van der Waals surface area (Å²) in [5.74, 6) is 1.14. The summed E-state index contributed by atoms with van der Waals surface area (Å²) < 4.78 is 6.87. The Morgan fingerprint density at radius 3 is 2.61 bits per heavy atom. The molecule has 0 amide bonds. The highest BCUT2D eigenvalue weighted by Gasteiger charge is 2.20. The highest BCUT2D eigenvalue weighted by atomic mass is 16.3. The van der Waals surface area contributed by atoms with E-state index in [2.05, 4.69) is 5.10 Å². The van der Waals surface area contributed by atoms with Crippen LogP contribution in [0.25, 0.3) is 17.1 Å². The molecule has 2 aliphatic heterocycles. The van der Waals surface area contributed by atoms with Crippen molar-refractivity contribution in [2.45, 2.75) is 13.8 Å². The summed E-state index contributed by atoms with van der Waals surface area (Å²) in [7, 11) is 0. The molecule has 4 heteroatoms. The van der Waals surface area contributed by atoms with E-state index in [0.29, 0.717) is 11.5 Å². The number of nitrogens with zero attached hydrogens (tertiary/aromatic N) is 2. The van der Waals surface area contributed by atoms with Gasteiger partial charge in [0.25, 0.3) is 5.56 Å². The quantitative estimate of drug-likeness (QED) is 0.656. The Kier molecular flexibility index (Phi) is 2.30. The van der Waals surface area contributed by atoms with Crippen LogP contribution in [0.1, 0.15) is 11.3 Å². The molecule has 1 aromatic rings. The molecule has 0 aliphatic carbocycles. The molecule has 1 aromatic carbocycles. The first kappa shape index (κ1) is 10.8. The third kappa shape index (κ3) is 1.54. The average Bonchev–Trinajstić information content (AvgIpc) is 2.67. The van der Waals surface area contributed by atoms with Gasteiger partial charge in [0, 0.05) is 0 Å². The number of hydrogen-bond acceptors (Lipinski definition) is 3.